The molecular weight excluding hydrogens is 508 g/mol. The summed E-state index contributed by atoms with van der Waals surface area (Å²) < 4.78 is 0. The van der Waals surface area contributed by atoms with Gasteiger partial charge in [-0.25, -0.2) is 0 Å². The van der Waals surface area contributed by atoms with E-state index in [-0.39, 0.29) is 35.2 Å². The van der Waals surface area contributed by atoms with Crippen molar-refractivity contribution in [2.24, 2.45) is 0 Å². The molecule has 3 aromatic carbocycles. The Bertz CT molecular complexity index is 1440. The molecular formula is C27H22N4O6S. The van der Waals surface area contributed by atoms with Gasteiger partial charge in [-0.2, -0.15) is 0 Å². The molecule has 1 unspecified atom stereocenters. The molecule has 192 valence electrons. The van der Waals surface area contributed by atoms with E-state index in [9.17, 15) is 29.3 Å². The molecule has 1 saturated heterocycles. The second-order valence-corrected chi connectivity index (χ2v) is 9.55. The fourth-order valence-corrected chi connectivity index (χ4v) is 4.77. The number of hydrogen-bond donors (Lipinski definition) is 2. The van der Waals surface area contributed by atoms with Crippen LogP contribution in [0.5, 0.6) is 0 Å². The zero-order valence-corrected chi connectivity index (χ0v) is 20.9. The van der Waals surface area contributed by atoms with Crippen LogP contribution >= 0.6 is 11.8 Å². The number of likely N-dealkylation sites (tertiary alicyclic amines) is 1. The molecule has 0 radical (unpaired) electrons. The molecule has 4 amide bonds. The van der Waals surface area contributed by atoms with Gasteiger partial charge in [0.25, 0.3) is 17.5 Å². The number of imide groups is 1. The molecule has 1 heterocycles. The fourth-order valence-electron chi connectivity index (χ4n) is 3.67. The molecule has 11 heteroatoms. The van der Waals surface area contributed by atoms with Gasteiger partial charge in [0.15, 0.2) is 0 Å². The Labute approximate surface area is 221 Å². The van der Waals surface area contributed by atoms with Crippen LogP contribution in [0.4, 0.5) is 11.4 Å². The summed E-state index contributed by atoms with van der Waals surface area (Å²) in [6.45, 7) is 0. The topological polar surface area (TPSA) is 139 Å². The van der Waals surface area contributed by atoms with Gasteiger partial charge >= 0.3 is 0 Å². The Morgan fingerprint density at radius 1 is 1.00 bits per heavy atom. The first kappa shape index (κ1) is 26.3. The van der Waals surface area contributed by atoms with E-state index in [1.165, 1.54) is 43.1 Å². The van der Waals surface area contributed by atoms with E-state index in [1.807, 2.05) is 0 Å². The molecule has 0 spiro atoms. The molecule has 3 aromatic rings. The number of nitrogens with one attached hydrogen (secondary N) is 2. The Balaban J connectivity index is 1.54. The lowest BCUT2D eigenvalue weighted by molar-refractivity contribution is -0.385. The van der Waals surface area contributed by atoms with Crippen LogP contribution in [0.25, 0.3) is 6.08 Å². The predicted molar refractivity (Wildman–Crippen MR) is 142 cm³/mol. The number of anilines is 1. The van der Waals surface area contributed by atoms with Gasteiger partial charge in [-0.3, -0.25) is 34.2 Å². The van der Waals surface area contributed by atoms with E-state index in [1.54, 1.807) is 60.7 Å². The zero-order valence-electron chi connectivity index (χ0n) is 20.1. The molecule has 1 fully saturated rings. The highest BCUT2D eigenvalue weighted by Crippen LogP contribution is 2.31. The first-order chi connectivity index (χ1) is 18.2. The van der Waals surface area contributed by atoms with Crippen molar-refractivity contribution < 1.29 is 24.1 Å². The lowest BCUT2D eigenvalue weighted by Crippen LogP contribution is -2.30. The second-order valence-electron chi connectivity index (χ2n) is 8.27. The average Bonchev–Trinajstić information content (AvgIpc) is 3.16. The lowest BCUT2D eigenvalue weighted by Gasteiger charge is -2.12. The summed E-state index contributed by atoms with van der Waals surface area (Å²) in [6, 6.07) is 20.7. The van der Waals surface area contributed by atoms with E-state index in [0.29, 0.717) is 11.3 Å². The number of para-hydroxylation sites is 1. The Morgan fingerprint density at radius 2 is 1.66 bits per heavy atom. The molecule has 0 aliphatic carbocycles. The molecule has 0 aromatic heterocycles. The summed E-state index contributed by atoms with van der Waals surface area (Å²) in [5.41, 5.74) is 0.431. The van der Waals surface area contributed by atoms with Crippen LogP contribution in [0, 0.1) is 10.1 Å². The van der Waals surface area contributed by atoms with Crippen LogP contribution in [0.1, 0.15) is 22.3 Å². The van der Waals surface area contributed by atoms with Crippen LogP contribution in [0.15, 0.2) is 89.5 Å². The Hall–Kier alpha value is -4.77. The van der Waals surface area contributed by atoms with Crippen molar-refractivity contribution in [3.63, 3.8) is 0 Å². The normalized spacial score (nSPS) is 15.3. The number of nitro benzene ring substituents is 1. The van der Waals surface area contributed by atoms with Crippen molar-refractivity contribution in [1.82, 2.24) is 10.2 Å². The third kappa shape index (κ3) is 6.13. The maximum atomic E-state index is 13.2. The fraction of sp³-hybridized carbons (Fsp3) is 0.111. The summed E-state index contributed by atoms with van der Waals surface area (Å²) in [5.74, 6) is -1.73. The minimum Gasteiger partial charge on any atom is -0.321 e. The minimum atomic E-state index is -0.689. The number of benzene rings is 3. The minimum absolute atomic E-state index is 0.124. The molecule has 0 bridgehead atoms. The van der Waals surface area contributed by atoms with Crippen LogP contribution < -0.4 is 10.6 Å². The number of rotatable bonds is 8. The van der Waals surface area contributed by atoms with E-state index in [2.05, 4.69) is 10.6 Å². The summed E-state index contributed by atoms with van der Waals surface area (Å²) in [4.78, 5) is 62.6. The second kappa shape index (κ2) is 11.5. The molecule has 4 rings (SSSR count). The van der Waals surface area contributed by atoms with E-state index < -0.39 is 22.0 Å². The van der Waals surface area contributed by atoms with E-state index in [0.717, 1.165) is 9.80 Å². The maximum Gasteiger partial charge on any atom is 0.276 e. The number of nitrogens with zero attached hydrogens (tertiary/aromatic N) is 2. The first-order valence-electron chi connectivity index (χ1n) is 11.4. The highest BCUT2D eigenvalue weighted by Gasteiger charge is 2.36. The number of thioether (sulfide) groups is 1. The summed E-state index contributed by atoms with van der Waals surface area (Å²) in [6.07, 6.45) is 1.37. The number of carbonyl (C=O) groups is 4. The van der Waals surface area contributed by atoms with Crippen molar-refractivity contribution in [2.45, 2.75) is 16.6 Å². The molecule has 1 aliphatic rings. The van der Waals surface area contributed by atoms with Gasteiger partial charge in [-0.15, -0.1) is 11.8 Å². The SMILES string of the molecule is CN1C(=O)CC(Sc2ccc(NC(=O)/C(=C/c3ccccc3[N+](=O)[O-])NC(=O)c3ccccc3)cc2)C1=O. The molecule has 10 nitrogen and oxygen atoms in total. The summed E-state index contributed by atoms with van der Waals surface area (Å²) >= 11 is 1.26. The van der Waals surface area contributed by atoms with Crippen molar-refractivity contribution in [1.29, 1.82) is 0 Å². The molecule has 1 aliphatic heterocycles. The van der Waals surface area contributed by atoms with Crippen LogP contribution in [-0.4, -0.2) is 45.7 Å². The summed E-state index contributed by atoms with van der Waals surface area (Å²) in [7, 11) is 1.45. The predicted octanol–water partition coefficient (Wildman–Crippen LogP) is 3.85. The van der Waals surface area contributed by atoms with Crippen molar-refractivity contribution >= 4 is 52.8 Å². The van der Waals surface area contributed by atoms with Gasteiger partial charge in [0, 0.05) is 35.7 Å². The highest BCUT2D eigenvalue weighted by molar-refractivity contribution is 8.00. The number of hydrogen-bond acceptors (Lipinski definition) is 7. The van der Waals surface area contributed by atoms with E-state index in [4.69, 9.17) is 0 Å². The van der Waals surface area contributed by atoms with Gasteiger partial charge in [-0.1, -0.05) is 30.3 Å². The van der Waals surface area contributed by atoms with Gasteiger partial charge in [-0.05, 0) is 48.5 Å². The molecule has 1 atom stereocenters. The monoisotopic (exact) mass is 530 g/mol. The molecule has 2 N–H and O–H groups in total. The molecule has 0 saturated carbocycles. The Morgan fingerprint density at radius 3 is 2.29 bits per heavy atom. The smallest absolute Gasteiger partial charge is 0.276 e. The largest absolute Gasteiger partial charge is 0.321 e. The summed E-state index contributed by atoms with van der Waals surface area (Å²) in [5, 5.41) is 16.2. The van der Waals surface area contributed by atoms with Crippen molar-refractivity contribution in [3.8, 4) is 0 Å². The van der Waals surface area contributed by atoms with Crippen LogP contribution in [0.2, 0.25) is 0 Å². The van der Waals surface area contributed by atoms with Crippen LogP contribution in [-0.2, 0) is 14.4 Å². The lowest BCUT2D eigenvalue weighted by atomic mass is 10.1. The number of amides is 4. The first-order valence-corrected chi connectivity index (χ1v) is 12.3. The standard InChI is InChI=1S/C27H22N4O6S/c1-30-24(32)16-23(27(30)35)38-20-13-11-19(12-14-20)28-26(34)21(29-25(33)17-7-3-2-4-8-17)15-18-9-5-6-10-22(18)31(36)37/h2-15,23H,16H2,1H3,(H,28,34)(H,29,33)/b21-15-. The highest BCUT2D eigenvalue weighted by atomic mass is 32.2. The third-order valence-electron chi connectivity index (χ3n) is 5.69. The van der Waals surface area contributed by atoms with Gasteiger partial charge in [0.1, 0.15) is 5.70 Å². The molecule has 38 heavy (non-hydrogen) atoms. The average molecular weight is 531 g/mol. The van der Waals surface area contributed by atoms with Gasteiger partial charge in [0.2, 0.25) is 11.8 Å². The third-order valence-corrected chi connectivity index (χ3v) is 6.89. The number of carbonyl (C=O) groups excluding carboxylic acids is 4. The van der Waals surface area contributed by atoms with Crippen molar-refractivity contribution in [3.05, 3.63) is 106 Å². The van der Waals surface area contributed by atoms with Crippen LogP contribution in [0.3, 0.4) is 0 Å². The maximum absolute atomic E-state index is 13.2. The van der Waals surface area contributed by atoms with Gasteiger partial charge < -0.3 is 10.6 Å². The quantitative estimate of drug-likeness (QED) is 0.195. The Kier molecular flexibility index (Phi) is 7.97. The van der Waals surface area contributed by atoms with Crippen molar-refractivity contribution in [2.75, 3.05) is 12.4 Å². The zero-order chi connectivity index (χ0) is 27.2. The number of nitro groups is 1. The van der Waals surface area contributed by atoms with E-state index >= 15 is 0 Å². The van der Waals surface area contributed by atoms with Gasteiger partial charge in [0.05, 0.1) is 15.7 Å².